The molecule has 2 rings (SSSR count). The minimum atomic E-state index is -0.589. The number of carbonyl (C=O) groups is 1. The lowest BCUT2D eigenvalue weighted by atomic mass is 10.3. The van der Waals surface area contributed by atoms with Crippen molar-refractivity contribution in [3.63, 3.8) is 0 Å². The number of hydrogen-bond acceptors (Lipinski definition) is 8. The van der Waals surface area contributed by atoms with E-state index in [1.165, 1.54) is 6.39 Å². The van der Waals surface area contributed by atoms with Crippen molar-refractivity contribution in [1.29, 1.82) is 0 Å². The Labute approximate surface area is 119 Å². The molecule has 108 valence electrons. The normalized spacial score (nSPS) is 10.8. The van der Waals surface area contributed by atoms with Gasteiger partial charge in [0.05, 0.1) is 12.6 Å². The topological polar surface area (TPSA) is 129 Å². The Morgan fingerprint density at radius 2 is 2.35 bits per heavy atom. The molecule has 2 heterocycles. The SMILES string of the molecule is CC(C)Oc1c(NCc2ncon2)sc(C(N)=O)c1N. The predicted octanol–water partition coefficient (Wildman–Crippen LogP) is 1.21. The third kappa shape index (κ3) is 2.99. The fourth-order valence-corrected chi connectivity index (χ4v) is 2.41. The molecule has 0 atom stereocenters. The highest BCUT2D eigenvalue weighted by Crippen LogP contribution is 2.43. The summed E-state index contributed by atoms with van der Waals surface area (Å²) >= 11 is 1.14. The Hall–Kier alpha value is -2.29. The van der Waals surface area contributed by atoms with Crippen LogP contribution in [0.5, 0.6) is 5.75 Å². The summed E-state index contributed by atoms with van der Waals surface area (Å²) < 4.78 is 10.3. The lowest BCUT2D eigenvalue weighted by molar-refractivity contribution is 0.100. The van der Waals surface area contributed by atoms with Crippen molar-refractivity contribution in [2.24, 2.45) is 5.73 Å². The van der Waals surface area contributed by atoms with Gasteiger partial charge in [0.25, 0.3) is 5.91 Å². The first kappa shape index (κ1) is 14.1. The molecule has 0 aliphatic heterocycles. The van der Waals surface area contributed by atoms with Crippen LogP contribution in [0, 0.1) is 0 Å². The van der Waals surface area contributed by atoms with Gasteiger partial charge in [0.1, 0.15) is 15.6 Å². The van der Waals surface area contributed by atoms with Crippen LogP contribution in [0.1, 0.15) is 29.3 Å². The average Bonchev–Trinajstić information content (AvgIpc) is 2.97. The predicted molar refractivity (Wildman–Crippen MR) is 74.6 cm³/mol. The van der Waals surface area contributed by atoms with Gasteiger partial charge < -0.3 is 26.0 Å². The summed E-state index contributed by atoms with van der Waals surface area (Å²) in [5, 5.41) is 7.34. The van der Waals surface area contributed by atoms with Gasteiger partial charge in [-0.15, -0.1) is 11.3 Å². The molecule has 8 nitrogen and oxygen atoms in total. The third-order valence-corrected chi connectivity index (χ3v) is 3.45. The summed E-state index contributed by atoms with van der Waals surface area (Å²) in [6, 6.07) is 0. The summed E-state index contributed by atoms with van der Waals surface area (Å²) in [4.78, 5) is 15.5. The van der Waals surface area contributed by atoms with Crippen LogP contribution in [0.3, 0.4) is 0 Å². The van der Waals surface area contributed by atoms with Crippen LogP contribution in [-0.4, -0.2) is 22.2 Å². The Balaban J connectivity index is 2.25. The number of rotatable bonds is 6. The number of carbonyl (C=O) groups excluding carboxylic acids is 1. The Morgan fingerprint density at radius 3 is 2.90 bits per heavy atom. The molecule has 0 radical (unpaired) electrons. The van der Waals surface area contributed by atoms with Crippen molar-refractivity contribution in [1.82, 2.24) is 10.1 Å². The molecular weight excluding hydrogens is 282 g/mol. The first-order chi connectivity index (χ1) is 9.49. The van der Waals surface area contributed by atoms with E-state index in [0.717, 1.165) is 11.3 Å². The Kier molecular flexibility index (Phi) is 4.08. The molecule has 0 saturated carbocycles. The smallest absolute Gasteiger partial charge is 0.261 e. The number of hydrogen-bond donors (Lipinski definition) is 3. The number of aromatic nitrogens is 2. The van der Waals surface area contributed by atoms with Crippen LogP contribution in [0.25, 0.3) is 0 Å². The molecule has 0 aromatic carbocycles. The standard InChI is InChI=1S/C11H15N5O3S/c1-5(2)19-8-7(12)9(10(13)17)20-11(8)14-3-6-15-4-18-16-6/h4-5,14H,3,12H2,1-2H3,(H2,13,17). The fourth-order valence-electron chi connectivity index (χ4n) is 1.51. The molecule has 0 spiro atoms. The highest BCUT2D eigenvalue weighted by atomic mass is 32.1. The molecule has 20 heavy (non-hydrogen) atoms. The zero-order valence-electron chi connectivity index (χ0n) is 11.0. The van der Waals surface area contributed by atoms with Gasteiger partial charge >= 0.3 is 0 Å². The van der Waals surface area contributed by atoms with Crippen LogP contribution in [0.4, 0.5) is 10.7 Å². The van der Waals surface area contributed by atoms with Gasteiger partial charge in [0.15, 0.2) is 11.6 Å². The molecule has 0 aliphatic rings. The second-order valence-corrected chi connectivity index (χ2v) is 5.26. The maximum Gasteiger partial charge on any atom is 0.261 e. The highest BCUT2D eigenvalue weighted by molar-refractivity contribution is 7.19. The van der Waals surface area contributed by atoms with Crippen LogP contribution >= 0.6 is 11.3 Å². The molecule has 0 aliphatic carbocycles. The first-order valence-electron chi connectivity index (χ1n) is 5.87. The molecule has 0 saturated heterocycles. The van der Waals surface area contributed by atoms with Crippen LogP contribution < -0.4 is 21.5 Å². The van der Waals surface area contributed by atoms with Crippen molar-refractivity contribution in [3.8, 4) is 5.75 Å². The van der Waals surface area contributed by atoms with Crippen molar-refractivity contribution in [3.05, 3.63) is 17.1 Å². The molecule has 2 aromatic heterocycles. The van der Waals surface area contributed by atoms with Gasteiger partial charge in [-0.3, -0.25) is 4.79 Å². The van der Waals surface area contributed by atoms with E-state index >= 15 is 0 Å². The highest BCUT2D eigenvalue weighted by Gasteiger charge is 2.21. The van der Waals surface area contributed by atoms with E-state index in [-0.39, 0.29) is 16.7 Å². The zero-order valence-corrected chi connectivity index (χ0v) is 11.9. The number of primary amides is 1. The van der Waals surface area contributed by atoms with Crippen molar-refractivity contribution in [2.45, 2.75) is 26.5 Å². The minimum Gasteiger partial charge on any atom is -0.486 e. The van der Waals surface area contributed by atoms with Gasteiger partial charge in [-0.05, 0) is 13.8 Å². The zero-order chi connectivity index (χ0) is 14.7. The number of amides is 1. The number of nitrogens with one attached hydrogen (secondary N) is 1. The van der Waals surface area contributed by atoms with E-state index in [0.29, 0.717) is 23.1 Å². The molecule has 0 unspecified atom stereocenters. The second kappa shape index (κ2) is 5.78. The van der Waals surface area contributed by atoms with Crippen molar-refractivity contribution < 1.29 is 14.1 Å². The second-order valence-electron chi connectivity index (χ2n) is 4.23. The van der Waals surface area contributed by atoms with Gasteiger partial charge in [0.2, 0.25) is 6.39 Å². The average molecular weight is 297 g/mol. The summed E-state index contributed by atoms with van der Waals surface area (Å²) in [6.45, 7) is 4.05. The maximum atomic E-state index is 11.3. The number of nitrogen functional groups attached to an aromatic ring is 1. The number of nitrogens with two attached hydrogens (primary N) is 2. The molecule has 0 fully saturated rings. The third-order valence-electron chi connectivity index (χ3n) is 2.29. The van der Waals surface area contributed by atoms with E-state index < -0.39 is 5.91 Å². The molecular formula is C11H15N5O3S. The van der Waals surface area contributed by atoms with Crippen LogP contribution in [-0.2, 0) is 6.54 Å². The largest absolute Gasteiger partial charge is 0.486 e. The van der Waals surface area contributed by atoms with E-state index in [1.54, 1.807) is 0 Å². The Morgan fingerprint density at radius 1 is 1.60 bits per heavy atom. The Bertz CT molecular complexity index is 593. The summed E-state index contributed by atoms with van der Waals surface area (Å²) in [5.74, 6) is 0.309. The summed E-state index contributed by atoms with van der Waals surface area (Å²) in [6.07, 6.45) is 1.15. The number of thiophene rings is 1. The summed E-state index contributed by atoms with van der Waals surface area (Å²) in [7, 11) is 0. The van der Waals surface area contributed by atoms with E-state index in [4.69, 9.17) is 16.2 Å². The molecule has 1 amide bonds. The lowest BCUT2D eigenvalue weighted by Gasteiger charge is -2.12. The van der Waals surface area contributed by atoms with Gasteiger partial charge in [-0.1, -0.05) is 5.16 Å². The molecule has 0 bridgehead atoms. The van der Waals surface area contributed by atoms with Crippen molar-refractivity contribution in [2.75, 3.05) is 11.1 Å². The molecule has 9 heteroatoms. The maximum absolute atomic E-state index is 11.3. The van der Waals surface area contributed by atoms with Gasteiger partial charge in [0, 0.05) is 0 Å². The first-order valence-corrected chi connectivity index (χ1v) is 6.68. The van der Waals surface area contributed by atoms with Gasteiger partial charge in [-0.25, -0.2) is 0 Å². The fraction of sp³-hybridized carbons (Fsp3) is 0.364. The minimum absolute atomic E-state index is 0.0849. The van der Waals surface area contributed by atoms with Gasteiger partial charge in [-0.2, -0.15) is 4.98 Å². The lowest BCUT2D eigenvalue weighted by Crippen LogP contribution is -2.12. The number of anilines is 2. The van der Waals surface area contributed by atoms with Crippen LogP contribution in [0.15, 0.2) is 10.9 Å². The number of ether oxygens (including phenoxy) is 1. The van der Waals surface area contributed by atoms with E-state index in [2.05, 4.69) is 20.0 Å². The number of nitrogens with zero attached hydrogens (tertiary/aromatic N) is 2. The van der Waals surface area contributed by atoms with Crippen LogP contribution in [0.2, 0.25) is 0 Å². The van der Waals surface area contributed by atoms with E-state index in [1.807, 2.05) is 13.8 Å². The van der Waals surface area contributed by atoms with E-state index in [9.17, 15) is 4.79 Å². The van der Waals surface area contributed by atoms with Crippen molar-refractivity contribution >= 4 is 27.9 Å². The monoisotopic (exact) mass is 297 g/mol. The molecule has 5 N–H and O–H groups in total. The summed E-state index contributed by atoms with van der Waals surface area (Å²) in [5.41, 5.74) is 11.4. The quantitative estimate of drug-likeness (QED) is 0.730. The molecule has 2 aromatic rings.